The van der Waals surface area contributed by atoms with E-state index in [2.05, 4.69) is 4.98 Å². The Morgan fingerprint density at radius 3 is 2.77 bits per heavy atom. The highest BCUT2D eigenvalue weighted by Gasteiger charge is 2.30. The molecule has 26 heavy (non-hydrogen) atoms. The van der Waals surface area contributed by atoms with Gasteiger partial charge in [-0.2, -0.15) is 0 Å². The summed E-state index contributed by atoms with van der Waals surface area (Å²) in [4.78, 5) is 31.2. The molecular weight excluding hydrogens is 337 g/mol. The lowest BCUT2D eigenvalue weighted by molar-refractivity contribution is 0.0195. The quantitative estimate of drug-likeness (QED) is 0.782. The average Bonchev–Trinajstić information content (AvgIpc) is 2.56. The molecule has 2 aromatic rings. The van der Waals surface area contributed by atoms with Gasteiger partial charge in [0, 0.05) is 32.1 Å². The largest absolute Gasteiger partial charge is 0.444 e. The van der Waals surface area contributed by atoms with E-state index in [1.54, 1.807) is 11.9 Å². The molecular formula is C19H24FN3O3. The predicted molar refractivity (Wildman–Crippen MR) is 96.7 cm³/mol. The van der Waals surface area contributed by atoms with Gasteiger partial charge in [-0.1, -0.05) is 0 Å². The van der Waals surface area contributed by atoms with E-state index in [0.717, 1.165) is 12.8 Å². The molecule has 3 rings (SSSR count). The van der Waals surface area contributed by atoms with Crippen molar-refractivity contribution in [1.82, 2.24) is 14.5 Å². The Balaban J connectivity index is 1.92. The van der Waals surface area contributed by atoms with Crippen LogP contribution in [0.25, 0.3) is 10.9 Å². The summed E-state index contributed by atoms with van der Waals surface area (Å²) < 4.78 is 20.5. The molecule has 1 aromatic heterocycles. The number of halogens is 1. The van der Waals surface area contributed by atoms with Crippen molar-refractivity contribution in [1.29, 1.82) is 0 Å². The molecule has 7 heteroatoms. The summed E-state index contributed by atoms with van der Waals surface area (Å²) in [6, 6.07) is 3.99. The summed E-state index contributed by atoms with van der Waals surface area (Å²) in [7, 11) is 1.67. The van der Waals surface area contributed by atoms with Gasteiger partial charge in [0.25, 0.3) is 5.56 Å². The molecule has 1 amide bonds. The zero-order valence-corrected chi connectivity index (χ0v) is 15.6. The van der Waals surface area contributed by atoms with Crippen LogP contribution in [0.5, 0.6) is 0 Å². The minimum atomic E-state index is -0.560. The fourth-order valence-corrected chi connectivity index (χ4v) is 3.31. The van der Waals surface area contributed by atoms with Gasteiger partial charge in [-0.15, -0.1) is 0 Å². The summed E-state index contributed by atoms with van der Waals surface area (Å²) in [5.74, 6) is 0.0474. The molecule has 0 saturated carbocycles. The number of hydrogen-bond donors (Lipinski definition) is 0. The highest BCUT2D eigenvalue weighted by molar-refractivity contribution is 5.77. The van der Waals surface area contributed by atoms with Crippen molar-refractivity contribution in [3.05, 3.63) is 40.2 Å². The van der Waals surface area contributed by atoms with Crippen LogP contribution in [0.15, 0.2) is 23.0 Å². The maximum Gasteiger partial charge on any atom is 0.410 e. The minimum Gasteiger partial charge on any atom is -0.444 e. The van der Waals surface area contributed by atoms with Gasteiger partial charge in [-0.25, -0.2) is 14.2 Å². The first-order valence-electron chi connectivity index (χ1n) is 8.80. The van der Waals surface area contributed by atoms with Gasteiger partial charge in [0.05, 0.1) is 10.9 Å². The van der Waals surface area contributed by atoms with E-state index in [-0.39, 0.29) is 17.6 Å². The Kier molecular flexibility index (Phi) is 4.73. The summed E-state index contributed by atoms with van der Waals surface area (Å²) >= 11 is 0. The number of nitrogens with zero attached hydrogens (tertiary/aromatic N) is 3. The molecule has 0 bridgehead atoms. The van der Waals surface area contributed by atoms with Crippen molar-refractivity contribution in [2.45, 2.75) is 45.1 Å². The van der Waals surface area contributed by atoms with Crippen LogP contribution in [0, 0.1) is 5.82 Å². The lowest BCUT2D eigenvalue weighted by Gasteiger charge is -2.34. The number of likely N-dealkylation sites (tertiary alicyclic amines) is 1. The summed E-state index contributed by atoms with van der Waals surface area (Å²) in [6.45, 7) is 6.53. The normalized spacial score (nSPS) is 18.2. The number of rotatable bonds is 1. The van der Waals surface area contributed by atoms with Crippen molar-refractivity contribution >= 4 is 17.0 Å². The highest BCUT2D eigenvalue weighted by atomic mass is 19.1. The summed E-state index contributed by atoms with van der Waals surface area (Å²) in [5.41, 5.74) is -0.424. The monoisotopic (exact) mass is 361 g/mol. The van der Waals surface area contributed by atoms with Crippen LogP contribution < -0.4 is 5.56 Å². The molecule has 0 unspecified atom stereocenters. The number of aromatic nitrogens is 2. The van der Waals surface area contributed by atoms with Crippen LogP contribution >= 0.6 is 0 Å². The zero-order valence-electron chi connectivity index (χ0n) is 15.6. The number of ether oxygens (including phenoxy) is 1. The second-order valence-electron chi connectivity index (χ2n) is 7.76. The van der Waals surface area contributed by atoms with Gasteiger partial charge >= 0.3 is 6.09 Å². The molecule has 0 radical (unpaired) electrons. The van der Waals surface area contributed by atoms with Crippen LogP contribution in [0.3, 0.4) is 0 Å². The Labute approximate surface area is 151 Å². The first kappa shape index (κ1) is 18.4. The van der Waals surface area contributed by atoms with Crippen molar-refractivity contribution in [3.63, 3.8) is 0 Å². The number of carbonyl (C=O) groups excluding carboxylic acids is 1. The molecule has 0 aliphatic carbocycles. The number of hydrogen-bond acceptors (Lipinski definition) is 4. The number of piperidine rings is 1. The summed E-state index contributed by atoms with van der Waals surface area (Å²) in [6.07, 6.45) is 1.24. The van der Waals surface area contributed by atoms with Gasteiger partial charge < -0.3 is 9.64 Å². The van der Waals surface area contributed by atoms with Crippen molar-refractivity contribution in [2.75, 3.05) is 13.1 Å². The Morgan fingerprint density at radius 1 is 1.35 bits per heavy atom. The first-order chi connectivity index (χ1) is 12.2. The Morgan fingerprint density at radius 2 is 2.08 bits per heavy atom. The molecule has 1 aliphatic heterocycles. The second kappa shape index (κ2) is 6.70. The van der Waals surface area contributed by atoms with Crippen LogP contribution in [0.4, 0.5) is 9.18 Å². The molecule has 1 aliphatic rings. The highest BCUT2D eigenvalue weighted by Crippen LogP contribution is 2.27. The second-order valence-corrected chi connectivity index (χ2v) is 7.76. The van der Waals surface area contributed by atoms with Crippen LogP contribution in [-0.4, -0.2) is 39.2 Å². The standard InChI is InChI=1S/C19H24FN3O3/c1-19(2,3)26-18(25)23-9-5-6-12(11-23)16-21-15-10-13(20)7-8-14(15)17(24)22(16)4/h7-8,10,12H,5-6,9,11H2,1-4H3/t12-/m1/s1. The van der Waals surface area contributed by atoms with E-state index in [1.807, 2.05) is 20.8 Å². The third-order valence-electron chi connectivity index (χ3n) is 4.51. The van der Waals surface area contributed by atoms with Crippen molar-refractivity contribution < 1.29 is 13.9 Å². The molecule has 1 atom stereocenters. The molecule has 0 N–H and O–H groups in total. The van der Waals surface area contributed by atoms with E-state index >= 15 is 0 Å². The SMILES string of the molecule is Cn1c([C@@H]2CCCN(C(=O)OC(C)(C)C)C2)nc2cc(F)ccc2c1=O. The molecule has 1 fully saturated rings. The lowest BCUT2D eigenvalue weighted by atomic mass is 9.97. The zero-order chi connectivity index (χ0) is 19.1. The van der Waals surface area contributed by atoms with E-state index in [0.29, 0.717) is 29.8 Å². The third kappa shape index (κ3) is 3.71. The van der Waals surface area contributed by atoms with Gasteiger partial charge in [0.15, 0.2) is 0 Å². The number of amides is 1. The maximum atomic E-state index is 13.5. The Hall–Kier alpha value is -2.44. The van der Waals surface area contributed by atoms with Gasteiger partial charge in [0.1, 0.15) is 17.2 Å². The Bertz CT molecular complexity index is 901. The molecule has 0 spiro atoms. The topological polar surface area (TPSA) is 64.4 Å². The average molecular weight is 361 g/mol. The molecule has 1 saturated heterocycles. The molecule has 6 nitrogen and oxygen atoms in total. The van der Waals surface area contributed by atoms with Gasteiger partial charge in [-0.3, -0.25) is 9.36 Å². The predicted octanol–water partition coefficient (Wildman–Crippen LogP) is 3.19. The van der Waals surface area contributed by atoms with Crippen molar-refractivity contribution in [3.8, 4) is 0 Å². The maximum absolute atomic E-state index is 13.5. The van der Waals surface area contributed by atoms with Crippen LogP contribution in [0.1, 0.15) is 45.4 Å². The minimum absolute atomic E-state index is 0.0957. The third-order valence-corrected chi connectivity index (χ3v) is 4.51. The van der Waals surface area contributed by atoms with E-state index in [4.69, 9.17) is 4.74 Å². The molecule has 2 heterocycles. The molecule has 140 valence electrons. The van der Waals surface area contributed by atoms with Crippen LogP contribution in [0.2, 0.25) is 0 Å². The lowest BCUT2D eigenvalue weighted by Crippen LogP contribution is -2.43. The van der Waals surface area contributed by atoms with Crippen molar-refractivity contribution in [2.24, 2.45) is 7.05 Å². The number of carbonyl (C=O) groups is 1. The fourth-order valence-electron chi connectivity index (χ4n) is 3.31. The van der Waals surface area contributed by atoms with Crippen LogP contribution in [-0.2, 0) is 11.8 Å². The summed E-state index contributed by atoms with van der Waals surface area (Å²) in [5, 5.41) is 0.387. The molecule has 1 aromatic carbocycles. The number of fused-ring (bicyclic) bond motifs is 1. The van der Waals surface area contributed by atoms with E-state index in [9.17, 15) is 14.0 Å². The van der Waals surface area contributed by atoms with E-state index in [1.165, 1.54) is 22.8 Å². The fraction of sp³-hybridized carbons (Fsp3) is 0.526. The van der Waals surface area contributed by atoms with E-state index < -0.39 is 11.4 Å². The smallest absolute Gasteiger partial charge is 0.410 e. The van der Waals surface area contributed by atoms with Gasteiger partial charge in [0.2, 0.25) is 0 Å². The number of benzene rings is 1. The van der Waals surface area contributed by atoms with Gasteiger partial charge in [-0.05, 0) is 45.7 Å². The first-order valence-corrected chi connectivity index (χ1v) is 8.80.